The van der Waals surface area contributed by atoms with Gasteiger partial charge in [-0.25, -0.2) is 4.21 Å². The fraction of sp³-hybridized carbons (Fsp3) is 0.231. The van der Waals surface area contributed by atoms with Crippen LogP contribution in [0.2, 0.25) is 5.02 Å². The summed E-state index contributed by atoms with van der Waals surface area (Å²) >= 11 is 6.17. The molecule has 3 aromatic rings. The van der Waals surface area contributed by atoms with Gasteiger partial charge in [0.15, 0.2) is 0 Å². The van der Waals surface area contributed by atoms with Gasteiger partial charge in [0, 0.05) is 17.1 Å². The molecule has 1 aliphatic rings. The zero-order valence-electron chi connectivity index (χ0n) is 18.5. The number of nitrogens with one attached hydrogen (secondary N) is 1. The molecule has 1 N–H and O–H groups in total. The van der Waals surface area contributed by atoms with Crippen LogP contribution in [0.3, 0.4) is 0 Å². The average Bonchev–Trinajstić information content (AvgIpc) is 2.88. The van der Waals surface area contributed by atoms with Gasteiger partial charge >= 0.3 is 0 Å². The quantitative estimate of drug-likeness (QED) is 0.510. The van der Waals surface area contributed by atoms with Crippen LogP contribution in [0.4, 0.5) is 5.69 Å². The van der Waals surface area contributed by atoms with Gasteiger partial charge in [0.05, 0.1) is 38.4 Å². The molecule has 0 unspecified atom stereocenters. The molecule has 0 spiro atoms. The Balaban J connectivity index is 1.78. The largest absolute Gasteiger partial charge is 0.352 e. The van der Waals surface area contributed by atoms with Crippen molar-refractivity contribution in [2.75, 3.05) is 11.4 Å². The van der Waals surface area contributed by atoms with Crippen LogP contribution in [0.15, 0.2) is 76.5 Å². The van der Waals surface area contributed by atoms with E-state index in [-0.39, 0.29) is 18.4 Å². The second-order valence-corrected chi connectivity index (χ2v) is 10.3. The number of halogens is 1. The molecule has 1 aliphatic heterocycles. The zero-order chi connectivity index (χ0) is 23.5. The summed E-state index contributed by atoms with van der Waals surface area (Å²) in [6.07, 6.45) is 0.870. The molecule has 1 heterocycles. The van der Waals surface area contributed by atoms with Crippen LogP contribution in [-0.4, -0.2) is 22.6 Å². The molecule has 0 saturated heterocycles. The lowest BCUT2D eigenvalue weighted by Crippen LogP contribution is -2.31. The van der Waals surface area contributed by atoms with E-state index in [1.54, 1.807) is 59.5 Å². The molecule has 0 saturated carbocycles. The molecule has 7 heteroatoms. The summed E-state index contributed by atoms with van der Waals surface area (Å²) in [7, 11) is -1.56. The third kappa shape index (κ3) is 5.02. The minimum absolute atomic E-state index is 0.221. The highest BCUT2D eigenvalue weighted by Gasteiger charge is 2.31. The van der Waals surface area contributed by atoms with Crippen LogP contribution in [0.25, 0.3) is 0 Å². The number of carbonyl (C=O) groups excluding carboxylic acids is 2. The lowest BCUT2D eigenvalue weighted by molar-refractivity contribution is 0.0948. The number of fused-ring (bicyclic) bond motifs is 2. The predicted octanol–water partition coefficient (Wildman–Crippen LogP) is 5.44. The third-order valence-corrected chi connectivity index (χ3v) is 7.25. The normalized spacial score (nSPS) is 15.1. The number of amides is 2. The van der Waals surface area contributed by atoms with Crippen molar-refractivity contribution in [2.24, 2.45) is 5.92 Å². The van der Waals surface area contributed by atoms with E-state index in [0.29, 0.717) is 44.1 Å². The maximum atomic E-state index is 13.6. The summed E-state index contributed by atoms with van der Waals surface area (Å²) in [5, 5.41) is 3.50. The van der Waals surface area contributed by atoms with E-state index in [9.17, 15) is 13.8 Å². The van der Waals surface area contributed by atoms with Crippen molar-refractivity contribution in [3.8, 4) is 0 Å². The van der Waals surface area contributed by atoms with Crippen molar-refractivity contribution < 1.29 is 13.8 Å². The minimum atomic E-state index is -1.56. The Kier molecular flexibility index (Phi) is 6.96. The van der Waals surface area contributed by atoms with Crippen LogP contribution in [0.5, 0.6) is 0 Å². The Morgan fingerprint density at radius 1 is 1.03 bits per heavy atom. The second-order valence-electron chi connectivity index (χ2n) is 8.41. The maximum Gasteiger partial charge on any atom is 0.259 e. The highest BCUT2D eigenvalue weighted by atomic mass is 35.5. The number of hydrogen-bond acceptors (Lipinski definition) is 3. The van der Waals surface area contributed by atoms with Gasteiger partial charge in [0.25, 0.3) is 11.8 Å². The fourth-order valence-electron chi connectivity index (χ4n) is 3.76. The van der Waals surface area contributed by atoms with Gasteiger partial charge in [-0.15, -0.1) is 0 Å². The van der Waals surface area contributed by atoms with Crippen LogP contribution >= 0.6 is 11.6 Å². The number of carbonyl (C=O) groups is 2. The molecule has 2 amide bonds. The van der Waals surface area contributed by atoms with E-state index < -0.39 is 10.8 Å². The van der Waals surface area contributed by atoms with Gasteiger partial charge in [0.2, 0.25) is 0 Å². The van der Waals surface area contributed by atoms with Gasteiger partial charge in [-0.2, -0.15) is 0 Å². The Labute approximate surface area is 201 Å². The number of hydrogen-bond donors (Lipinski definition) is 1. The lowest BCUT2D eigenvalue weighted by Gasteiger charge is -2.24. The fourth-order valence-corrected chi connectivity index (χ4v) is 5.31. The molecule has 5 nitrogen and oxygen atoms in total. The average molecular weight is 481 g/mol. The van der Waals surface area contributed by atoms with Crippen LogP contribution in [0.1, 0.15) is 46.5 Å². The van der Waals surface area contributed by atoms with Crippen molar-refractivity contribution in [3.05, 3.63) is 88.4 Å². The maximum absolute atomic E-state index is 13.6. The molecule has 33 heavy (non-hydrogen) atoms. The molecule has 170 valence electrons. The predicted molar refractivity (Wildman–Crippen MR) is 131 cm³/mol. The van der Waals surface area contributed by atoms with Gasteiger partial charge in [0.1, 0.15) is 0 Å². The standard InChI is InChI=1S/C26H25ClN2O3S/c1-17(2)12-13-28-25(30)19-10-11-24-22(15-19)29(16-18-6-5-7-20(27)14-18)26(31)21-8-3-4-9-23(21)33(24)32/h3-11,14-15,17H,12-13,16H2,1-2H3,(H,28,30)/t33-/m1/s1. The van der Waals surface area contributed by atoms with Crippen molar-refractivity contribution >= 4 is 39.9 Å². The van der Waals surface area contributed by atoms with Crippen LogP contribution in [0, 0.1) is 5.92 Å². The summed E-state index contributed by atoms with van der Waals surface area (Å²) < 4.78 is 13.5. The molecule has 3 aromatic carbocycles. The highest BCUT2D eigenvalue weighted by Crippen LogP contribution is 2.36. The molecule has 0 bridgehead atoms. The third-order valence-electron chi connectivity index (χ3n) is 5.51. The van der Waals surface area contributed by atoms with Crippen LogP contribution in [-0.2, 0) is 17.3 Å². The Morgan fingerprint density at radius 2 is 1.82 bits per heavy atom. The van der Waals surface area contributed by atoms with E-state index in [2.05, 4.69) is 19.2 Å². The van der Waals surface area contributed by atoms with E-state index in [1.807, 2.05) is 12.1 Å². The van der Waals surface area contributed by atoms with Gasteiger partial charge < -0.3 is 10.2 Å². The smallest absolute Gasteiger partial charge is 0.259 e. The zero-order valence-corrected chi connectivity index (χ0v) is 20.1. The number of benzene rings is 3. The summed E-state index contributed by atoms with van der Waals surface area (Å²) in [4.78, 5) is 28.9. The first-order valence-electron chi connectivity index (χ1n) is 10.8. The molecule has 0 aliphatic carbocycles. The van der Waals surface area contributed by atoms with Crippen molar-refractivity contribution in [2.45, 2.75) is 36.6 Å². The number of nitrogens with zero attached hydrogens (tertiary/aromatic N) is 1. The Bertz CT molecular complexity index is 1240. The lowest BCUT2D eigenvalue weighted by atomic mass is 10.1. The second kappa shape index (κ2) is 9.89. The van der Waals surface area contributed by atoms with Gasteiger partial charge in [-0.1, -0.05) is 49.7 Å². The van der Waals surface area contributed by atoms with E-state index in [4.69, 9.17) is 11.6 Å². The molecule has 0 radical (unpaired) electrons. The first-order chi connectivity index (χ1) is 15.8. The summed E-state index contributed by atoms with van der Waals surface area (Å²) in [5.41, 5.74) is 2.10. The highest BCUT2D eigenvalue weighted by molar-refractivity contribution is 7.85. The van der Waals surface area contributed by atoms with Crippen molar-refractivity contribution in [1.82, 2.24) is 5.32 Å². The minimum Gasteiger partial charge on any atom is -0.352 e. The van der Waals surface area contributed by atoms with Crippen molar-refractivity contribution in [1.29, 1.82) is 0 Å². The van der Waals surface area contributed by atoms with Gasteiger partial charge in [-0.3, -0.25) is 9.59 Å². The molecular formula is C26H25ClN2O3S. The van der Waals surface area contributed by atoms with E-state index >= 15 is 0 Å². The van der Waals surface area contributed by atoms with Crippen molar-refractivity contribution in [3.63, 3.8) is 0 Å². The molecule has 0 aromatic heterocycles. The number of anilines is 1. The van der Waals surface area contributed by atoms with Gasteiger partial charge in [-0.05, 0) is 60.4 Å². The Hall–Kier alpha value is -2.96. The van der Waals surface area contributed by atoms with Crippen LogP contribution < -0.4 is 10.2 Å². The molecule has 4 rings (SSSR count). The topological polar surface area (TPSA) is 66.5 Å². The Morgan fingerprint density at radius 3 is 2.58 bits per heavy atom. The molecular weight excluding hydrogens is 456 g/mol. The SMILES string of the molecule is CC(C)CCNC(=O)c1ccc2c(c1)N(Cc1cccc(Cl)c1)C(=O)c1ccccc1[S@]2=O. The first kappa shape index (κ1) is 23.2. The molecule has 1 atom stereocenters. The summed E-state index contributed by atoms with van der Waals surface area (Å²) in [6, 6.07) is 19.2. The monoisotopic (exact) mass is 480 g/mol. The van der Waals surface area contributed by atoms with E-state index in [1.165, 1.54) is 0 Å². The number of rotatable bonds is 6. The summed E-state index contributed by atoms with van der Waals surface area (Å²) in [5.74, 6) is -0.0136. The first-order valence-corrected chi connectivity index (χ1v) is 12.4. The van der Waals surface area contributed by atoms with E-state index in [0.717, 1.165) is 12.0 Å². The molecule has 0 fully saturated rings. The summed E-state index contributed by atoms with van der Waals surface area (Å²) in [6.45, 7) is 4.99.